The van der Waals surface area contributed by atoms with Crippen molar-refractivity contribution < 1.29 is 0 Å². The van der Waals surface area contributed by atoms with Gasteiger partial charge in [-0.15, -0.1) is 0 Å². The first-order valence-corrected chi connectivity index (χ1v) is 8.02. The summed E-state index contributed by atoms with van der Waals surface area (Å²) in [7, 11) is 0. The molecule has 112 valence electrons. The SMILES string of the molecule is CCC(CC)(C(NN)c1ccc(Cl)cc1)N1CCCC1. The molecule has 2 rings (SSSR count). The lowest BCUT2D eigenvalue weighted by molar-refractivity contribution is 0.0617. The van der Waals surface area contributed by atoms with Gasteiger partial charge in [-0.3, -0.25) is 16.2 Å². The minimum absolute atomic E-state index is 0.0824. The average molecular weight is 296 g/mol. The quantitative estimate of drug-likeness (QED) is 0.623. The maximum Gasteiger partial charge on any atom is 0.0643 e. The van der Waals surface area contributed by atoms with Crippen LogP contribution in [0.2, 0.25) is 5.02 Å². The molecule has 1 aromatic carbocycles. The van der Waals surface area contributed by atoms with Gasteiger partial charge in [-0.25, -0.2) is 0 Å². The number of hydrogen-bond donors (Lipinski definition) is 2. The largest absolute Gasteiger partial charge is 0.296 e. The van der Waals surface area contributed by atoms with E-state index in [1.54, 1.807) is 0 Å². The normalized spacial score (nSPS) is 18.4. The molecule has 0 spiro atoms. The van der Waals surface area contributed by atoms with E-state index < -0.39 is 0 Å². The fourth-order valence-electron chi connectivity index (χ4n) is 3.67. The zero-order valence-corrected chi connectivity index (χ0v) is 13.3. The van der Waals surface area contributed by atoms with Crippen LogP contribution < -0.4 is 11.3 Å². The maximum absolute atomic E-state index is 6.01. The molecule has 0 aliphatic carbocycles. The zero-order chi connectivity index (χ0) is 14.6. The number of hydrogen-bond acceptors (Lipinski definition) is 3. The third-order valence-electron chi connectivity index (χ3n) is 4.87. The van der Waals surface area contributed by atoms with Crippen LogP contribution in [0.3, 0.4) is 0 Å². The van der Waals surface area contributed by atoms with Gasteiger partial charge in [0.25, 0.3) is 0 Å². The van der Waals surface area contributed by atoms with Gasteiger partial charge < -0.3 is 0 Å². The Morgan fingerprint density at radius 2 is 1.75 bits per heavy atom. The molecule has 1 unspecified atom stereocenters. The third-order valence-corrected chi connectivity index (χ3v) is 5.12. The molecule has 3 nitrogen and oxygen atoms in total. The summed E-state index contributed by atoms with van der Waals surface area (Å²) >= 11 is 6.01. The highest BCUT2D eigenvalue weighted by molar-refractivity contribution is 6.30. The molecular formula is C16H26ClN3. The van der Waals surface area contributed by atoms with Crippen LogP contribution in [0.15, 0.2) is 24.3 Å². The topological polar surface area (TPSA) is 41.3 Å². The highest BCUT2D eigenvalue weighted by Gasteiger charge is 2.42. The van der Waals surface area contributed by atoms with Crippen molar-refractivity contribution in [2.24, 2.45) is 5.84 Å². The van der Waals surface area contributed by atoms with Crippen LogP contribution in [0.4, 0.5) is 0 Å². The summed E-state index contributed by atoms with van der Waals surface area (Å²) in [6, 6.07) is 8.20. The maximum atomic E-state index is 6.01. The van der Waals surface area contributed by atoms with Gasteiger partial charge in [0.2, 0.25) is 0 Å². The number of nitrogens with zero attached hydrogens (tertiary/aromatic N) is 1. The van der Waals surface area contributed by atoms with Crippen LogP contribution >= 0.6 is 11.6 Å². The van der Waals surface area contributed by atoms with Gasteiger partial charge in [0, 0.05) is 10.6 Å². The van der Waals surface area contributed by atoms with Gasteiger partial charge in [-0.05, 0) is 56.5 Å². The van der Waals surface area contributed by atoms with Gasteiger partial charge in [-0.1, -0.05) is 37.6 Å². The molecule has 1 aromatic rings. The monoisotopic (exact) mass is 295 g/mol. The first-order chi connectivity index (χ1) is 9.67. The zero-order valence-electron chi connectivity index (χ0n) is 12.5. The molecule has 1 atom stereocenters. The van der Waals surface area contributed by atoms with Crippen LogP contribution in [0.25, 0.3) is 0 Å². The number of nitrogens with two attached hydrogens (primary N) is 1. The van der Waals surface area contributed by atoms with Crippen molar-refractivity contribution in [1.29, 1.82) is 0 Å². The van der Waals surface area contributed by atoms with E-state index in [-0.39, 0.29) is 11.6 Å². The van der Waals surface area contributed by atoms with Gasteiger partial charge in [-0.2, -0.15) is 0 Å². The molecule has 1 saturated heterocycles. The molecular weight excluding hydrogens is 270 g/mol. The summed E-state index contributed by atoms with van der Waals surface area (Å²) in [5.74, 6) is 5.94. The Bertz CT molecular complexity index is 408. The van der Waals surface area contributed by atoms with Gasteiger partial charge in [0.1, 0.15) is 0 Å². The highest BCUT2D eigenvalue weighted by Crippen LogP contribution is 2.39. The first kappa shape index (κ1) is 15.8. The Labute approximate surface area is 127 Å². The van der Waals surface area contributed by atoms with Crippen molar-refractivity contribution in [3.8, 4) is 0 Å². The molecule has 4 heteroatoms. The number of benzene rings is 1. The Balaban J connectivity index is 2.35. The lowest BCUT2D eigenvalue weighted by Gasteiger charge is -2.46. The number of nitrogens with one attached hydrogen (secondary N) is 1. The van der Waals surface area contributed by atoms with Crippen LogP contribution in [0.1, 0.15) is 51.1 Å². The third kappa shape index (κ3) is 2.86. The Hall–Kier alpha value is -0.610. The van der Waals surface area contributed by atoms with E-state index in [9.17, 15) is 0 Å². The Kier molecular flexibility index (Phi) is 5.44. The summed E-state index contributed by atoms with van der Waals surface area (Å²) in [4.78, 5) is 2.62. The second-order valence-corrected chi connectivity index (χ2v) is 6.09. The molecule has 3 N–H and O–H groups in total. The van der Waals surface area contributed by atoms with Crippen LogP contribution in [0, 0.1) is 0 Å². The van der Waals surface area contributed by atoms with E-state index in [4.69, 9.17) is 17.4 Å². The highest BCUT2D eigenvalue weighted by atomic mass is 35.5. The van der Waals surface area contributed by atoms with E-state index in [2.05, 4.69) is 36.3 Å². The smallest absolute Gasteiger partial charge is 0.0643 e. The Morgan fingerprint density at radius 1 is 1.20 bits per heavy atom. The van der Waals surface area contributed by atoms with E-state index >= 15 is 0 Å². The molecule has 1 aliphatic rings. The van der Waals surface area contributed by atoms with Crippen molar-refractivity contribution in [3.63, 3.8) is 0 Å². The van der Waals surface area contributed by atoms with Crippen LogP contribution in [0.5, 0.6) is 0 Å². The van der Waals surface area contributed by atoms with Crippen molar-refractivity contribution in [2.75, 3.05) is 13.1 Å². The predicted molar refractivity (Wildman–Crippen MR) is 85.6 cm³/mol. The lowest BCUT2D eigenvalue weighted by atomic mass is 9.79. The minimum atomic E-state index is 0.0824. The van der Waals surface area contributed by atoms with Crippen LogP contribution in [-0.4, -0.2) is 23.5 Å². The summed E-state index contributed by atoms with van der Waals surface area (Å²) in [5.41, 5.74) is 4.37. The molecule has 0 saturated carbocycles. The fourth-order valence-corrected chi connectivity index (χ4v) is 3.79. The van der Waals surface area contributed by atoms with Gasteiger partial charge in [0.15, 0.2) is 0 Å². The van der Waals surface area contributed by atoms with Gasteiger partial charge in [0.05, 0.1) is 6.04 Å². The Morgan fingerprint density at radius 3 is 2.20 bits per heavy atom. The van der Waals surface area contributed by atoms with Crippen molar-refractivity contribution in [3.05, 3.63) is 34.9 Å². The second-order valence-electron chi connectivity index (χ2n) is 5.66. The number of rotatable bonds is 6. The molecule has 0 aromatic heterocycles. The minimum Gasteiger partial charge on any atom is -0.296 e. The molecule has 20 heavy (non-hydrogen) atoms. The number of hydrazine groups is 1. The van der Waals surface area contributed by atoms with E-state index in [0.717, 1.165) is 17.9 Å². The standard InChI is InChI=1S/C16H26ClN3/c1-3-16(4-2,20-11-5-6-12-20)15(19-18)13-7-9-14(17)10-8-13/h7-10,15,19H,3-6,11-12,18H2,1-2H3. The van der Waals surface area contributed by atoms with E-state index in [1.807, 2.05) is 12.1 Å². The van der Waals surface area contributed by atoms with Gasteiger partial charge >= 0.3 is 0 Å². The fraction of sp³-hybridized carbons (Fsp3) is 0.625. The number of halogens is 1. The summed E-state index contributed by atoms with van der Waals surface area (Å²) in [6.07, 6.45) is 4.75. The summed E-state index contributed by atoms with van der Waals surface area (Å²) in [6.45, 7) is 6.88. The van der Waals surface area contributed by atoms with Crippen molar-refractivity contribution in [1.82, 2.24) is 10.3 Å². The summed E-state index contributed by atoms with van der Waals surface area (Å²) < 4.78 is 0. The second kappa shape index (κ2) is 6.90. The van der Waals surface area contributed by atoms with Crippen LogP contribution in [-0.2, 0) is 0 Å². The average Bonchev–Trinajstić information content (AvgIpc) is 3.01. The molecule has 0 radical (unpaired) electrons. The molecule has 0 bridgehead atoms. The first-order valence-electron chi connectivity index (χ1n) is 7.64. The number of likely N-dealkylation sites (tertiary alicyclic amines) is 1. The molecule has 1 aliphatic heterocycles. The molecule has 1 heterocycles. The van der Waals surface area contributed by atoms with E-state index in [0.29, 0.717) is 0 Å². The predicted octanol–water partition coefficient (Wildman–Crippen LogP) is 3.50. The lowest BCUT2D eigenvalue weighted by Crippen LogP contribution is -2.56. The van der Waals surface area contributed by atoms with Crippen molar-refractivity contribution >= 4 is 11.6 Å². The summed E-state index contributed by atoms with van der Waals surface area (Å²) in [5, 5.41) is 0.768. The molecule has 0 amide bonds. The van der Waals surface area contributed by atoms with Crippen molar-refractivity contribution in [2.45, 2.75) is 51.1 Å². The van der Waals surface area contributed by atoms with E-state index in [1.165, 1.54) is 31.5 Å². The molecule has 1 fully saturated rings.